The van der Waals surface area contributed by atoms with Gasteiger partial charge < -0.3 is 4.42 Å². The number of hydrogen-bond donors (Lipinski definition) is 0. The van der Waals surface area contributed by atoms with E-state index in [2.05, 4.69) is 164 Å². The van der Waals surface area contributed by atoms with Gasteiger partial charge in [0.25, 0.3) is 0 Å². The molecule has 0 saturated heterocycles. The second-order valence-corrected chi connectivity index (χ2v) is 16.6. The van der Waals surface area contributed by atoms with Gasteiger partial charge >= 0.3 is 0 Å². The van der Waals surface area contributed by atoms with E-state index in [1.165, 1.54) is 69.5 Å². The van der Waals surface area contributed by atoms with Crippen molar-refractivity contribution in [2.75, 3.05) is 0 Å². The first-order valence-electron chi connectivity index (χ1n) is 19.9. The third kappa shape index (κ3) is 4.67. The van der Waals surface area contributed by atoms with Crippen molar-refractivity contribution in [3.8, 4) is 33.8 Å². The van der Waals surface area contributed by atoms with Crippen LogP contribution in [0.3, 0.4) is 0 Å². The summed E-state index contributed by atoms with van der Waals surface area (Å²) < 4.78 is 8.71. The van der Waals surface area contributed by atoms with Gasteiger partial charge in [0.2, 0.25) is 0 Å². The van der Waals surface area contributed by atoms with Crippen LogP contribution in [0.1, 0.15) is 22.6 Å². The lowest BCUT2D eigenvalue weighted by molar-refractivity contribution is 0.669. The molecule has 0 bridgehead atoms. The zero-order valence-electron chi connectivity index (χ0n) is 31.2. The molecule has 270 valence electrons. The van der Waals surface area contributed by atoms with Crippen molar-refractivity contribution in [3.63, 3.8) is 0 Å². The van der Waals surface area contributed by atoms with Crippen LogP contribution >= 0.6 is 11.3 Å². The van der Waals surface area contributed by atoms with Crippen molar-refractivity contribution in [1.82, 2.24) is 9.97 Å². The Kier molecular flexibility index (Phi) is 6.72. The summed E-state index contributed by atoms with van der Waals surface area (Å²) in [5.74, 6) is 0.880. The van der Waals surface area contributed by atoms with Gasteiger partial charge in [0.15, 0.2) is 5.82 Å². The molecule has 1 atom stereocenters. The topological polar surface area (TPSA) is 38.9 Å². The summed E-state index contributed by atoms with van der Waals surface area (Å²) in [4.78, 5) is 10.9. The van der Waals surface area contributed by atoms with Gasteiger partial charge in [0.1, 0.15) is 11.2 Å². The van der Waals surface area contributed by atoms with Crippen molar-refractivity contribution in [3.05, 3.63) is 193 Å². The Labute approximate surface area is 337 Å². The molecule has 3 heterocycles. The molecule has 9 aromatic carbocycles. The van der Waals surface area contributed by atoms with Crippen LogP contribution < -0.4 is 0 Å². The number of benzene rings is 9. The average Bonchev–Trinajstić information content (AvgIpc) is 3.86. The summed E-state index contributed by atoms with van der Waals surface area (Å²) in [6.07, 6.45) is 0.900. The zero-order valence-corrected chi connectivity index (χ0v) is 32.1. The first-order valence-corrected chi connectivity index (χ1v) is 20.7. The molecule has 0 amide bonds. The Morgan fingerprint density at radius 2 is 1.24 bits per heavy atom. The Morgan fingerprint density at radius 1 is 0.483 bits per heavy atom. The number of aromatic nitrogens is 2. The van der Waals surface area contributed by atoms with Gasteiger partial charge in [0.05, 0.1) is 11.2 Å². The van der Waals surface area contributed by atoms with E-state index in [1.807, 2.05) is 23.5 Å². The zero-order chi connectivity index (χ0) is 37.9. The highest BCUT2D eigenvalue weighted by atomic mass is 32.1. The standard InChI is InChI=1S/C54H32N2OS/c1-2-12-34-31(11-1)21-23-38-37(34)24-25-39-35-13-3-4-14-36(35)43(30-44(38)39)33-28-46-41-16-7-10-20-51(41)58-53(46)47(29-33)54-55-48-18-8-5-17-42(48)52(56-54)32-22-26-50-45(27-32)40-15-6-9-19-49(40)57-50/h1-29,43H,30H2. The van der Waals surface area contributed by atoms with Crippen LogP contribution in [-0.2, 0) is 6.42 Å². The van der Waals surface area contributed by atoms with Crippen molar-refractivity contribution in [2.45, 2.75) is 12.3 Å². The third-order valence-electron chi connectivity index (χ3n) is 12.5. The summed E-state index contributed by atoms with van der Waals surface area (Å²) in [5.41, 5.74) is 12.4. The minimum Gasteiger partial charge on any atom is -0.456 e. The van der Waals surface area contributed by atoms with E-state index < -0.39 is 0 Å². The van der Waals surface area contributed by atoms with E-state index in [4.69, 9.17) is 14.4 Å². The van der Waals surface area contributed by atoms with Gasteiger partial charge in [-0.05, 0) is 104 Å². The molecule has 58 heavy (non-hydrogen) atoms. The van der Waals surface area contributed by atoms with Gasteiger partial charge in [-0.2, -0.15) is 0 Å². The summed E-state index contributed by atoms with van der Waals surface area (Å²) in [6.45, 7) is 0. The maximum Gasteiger partial charge on any atom is 0.161 e. The summed E-state index contributed by atoms with van der Waals surface area (Å²) in [5, 5.41) is 11.0. The van der Waals surface area contributed by atoms with Gasteiger partial charge in [-0.1, -0.05) is 127 Å². The molecule has 1 aliphatic carbocycles. The largest absolute Gasteiger partial charge is 0.456 e. The SMILES string of the molecule is c1ccc2c(c1)-c1ccc3c(ccc4ccccc43)c1CC2c1cc(-c2nc(-c3ccc4oc5ccccc5c4c3)c3ccccc3n2)c2sc3ccccc3c2c1. The fourth-order valence-corrected chi connectivity index (χ4v) is 11.0. The van der Waals surface area contributed by atoms with Crippen LogP contribution in [-0.4, -0.2) is 9.97 Å². The van der Waals surface area contributed by atoms with Crippen LogP contribution in [0.25, 0.3) is 108 Å². The van der Waals surface area contributed by atoms with E-state index >= 15 is 0 Å². The number of thiophene rings is 1. The van der Waals surface area contributed by atoms with E-state index in [9.17, 15) is 0 Å². The van der Waals surface area contributed by atoms with E-state index in [1.54, 1.807) is 0 Å². The lowest BCUT2D eigenvalue weighted by atomic mass is 9.74. The summed E-state index contributed by atoms with van der Waals surface area (Å²) in [6, 6.07) is 63.9. The molecule has 12 aromatic rings. The van der Waals surface area contributed by atoms with Crippen LogP contribution in [0, 0.1) is 0 Å². The molecular formula is C54H32N2OS. The predicted octanol–water partition coefficient (Wildman–Crippen LogP) is 14.9. The lowest BCUT2D eigenvalue weighted by Crippen LogP contribution is -2.13. The Hall–Kier alpha value is -7.14. The van der Waals surface area contributed by atoms with Crippen LogP contribution in [0.5, 0.6) is 0 Å². The number of hydrogen-bond acceptors (Lipinski definition) is 4. The smallest absolute Gasteiger partial charge is 0.161 e. The molecule has 0 saturated carbocycles. The highest BCUT2D eigenvalue weighted by Crippen LogP contribution is 2.49. The minimum absolute atomic E-state index is 0.138. The second-order valence-electron chi connectivity index (χ2n) is 15.6. The van der Waals surface area contributed by atoms with Gasteiger partial charge in [0, 0.05) is 53.4 Å². The molecule has 13 rings (SSSR count). The second kappa shape index (κ2) is 12.2. The molecule has 1 unspecified atom stereocenters. The molecule has 3 aromatic heterocycles. The van der Waals surface area contributed by atoms with Gasteiger partial charge in [-0.15, -0.1) is 11.3 Å². The highest BCUT2D eigenvalue weighted by Gasteiger charge is 2.29. The maximum atomic E-state index is 6.23. The minimum atomic E-state index is 0.138. The quantitative estimate of drug-likeness (QED) is 0.169. The van der Waals surface area contributed by atoms with Crippen molar-refractivity contribution in [2.24, 2.45) is 0 Å². The van der Waals surface area contributed by atoms with Gasteiger partial charge in [-0.3, -0.25) is 0 Å². The third-order valence-corrected chi connectivity index (χ3v) is 13.7. The van der Waals surface area contributed by atoms with Crippen molar-refractivity contribution < 1.29 is 4.42 Å². The van der Waals surface area contributed by atoms with Crippen LogP contribution in [0.2, 0.25) is 0 Å². The molecule has 0 N–H and O–H groups in total. The Morgan fingerprint density at radius 3 is 2.19 bits per heavy atom. The Balaban J connectivity index is 1.06. The van der Waals surface area contributed by atoms with E-state index in [-0.39, 0.29) is 5.92 Å². The number of nitrogens with zero attached hydrogens (tertiary/aromatic N) is 2. The number of rotatable bonds is 3. The monoisotopic (exact) mass is 756 g/mol. The molecular weight excluding hydrogens is 725 g/mol. The van der Waals surface area contributed by atoms with Crippen molar-refractivity contribution in [1.29, 1.82) is 0 Å². The van der Waals surface area contributed by atoms with E-state index in [0.29, 0.717) is 0 Å². The van der Waals surface area contributed by atoms with Crippen LogP contribution in [0.4, 0.5) is 0 Å². The number of furan rings is 1. The summed E-state index contributed by atoms with van der Waals surface area (Å²) in [7, 11) is 0. The number of para-hydroxylation sites is 2. The fraction of sp³-hybridized carbons (Fsp3) is 0.0370. The predicted molar refractivity (Wildman–Crippen MR) is 243 cm³/mol. The Bertz CT molecular complexity index is 3690. The van der Waals surface area contributed by atoms with Crippen LogP contribution in [0.15, 0.2) is 180 Å². The lowest BCUT2D eigenvalue weighted by Gasteiger charge is -2.30. The van der Waals surface area contributed by atoms with Gasteiger partial charge in [-0.25, -0.2) is 9.97 Å². The fourth-order valence-electron chi connectivity index (χ4n) is 9.79. The molecule has 0 spiro atoms. The van der Waals surface area contributed by atoms with E-state index in [0.717, 1.165) is 61.9 Å². The molecule has 1 aliphatic rings. The highest BCUT2D eigenvalue weighted by molar-refractivity contribution is 7.26. The summed E-state index contributed by atoms with van der Waals surface area (Å²) >= 11 is 1.83. The molecule has 0 fully saturated rings. The molecule has 3 nitrogen and oxygen atoms in total. The number of fused-ring (bicyclic) bond motifs is 14. The first kappa shape index (κ1) is 32.0. The molecule has 4 heteroatoms. The molecule has 0 radical (unpaired) electrons. The average molecular weight is 757 g/mol. The van der Waals surface area contributed by atoms with Crippen molar-refractivity contribution >= 4 is 85.9 Å². The first-order chi connectivity index (χ1) is 28.7. The maximum absolute atomic E-state index is 6.23. The normalized spacial score (nSPS) is 14.0. The molecule has 0 aliphatic heterocycles.